The van der Waals surface area contributed by atoms with Crippen molar-refractivity contribution in [1.29, 1.82) is 0 Å². The number of nitro benzene ring substituents is 1. The molecule has 1 heterocycles. The minimum absolute atomic E-state index is 0.146. The van der Waals surface area contributed by atoms with E-state index in [0.29, 0.717) is 16.7 Å². The molecule has 0 saturated heterocycles. The molecule has 0 unspecified atom stereocenters. The first-order valence-electron chi connectivity index (χ1n) is 10.3. The molecular formula is C24H21N5O4S. The molecule has 0 aliphatic carbocycles. The molecule has 1 aromatic heterocycles. The third kappa shape index (κ3) is 4.91. The standard InChI is InChI=1S/C24H21N5O4S/c1-16(23(30)25-20-15-19(29(31)32)13-14-21(20)33-2)34-24-27-26-22(17-9-5-3-6-10-17)28(24)18-11-7-4-8-12-18/h3-16H,1-2H3,(H,25,30)/t16-/m1/s1. The van der Waals surface area contributed by atoms with Crippen molar-refractivity contribution in [3.05, 3.63) is 89.0 Å². The molecule has 0 fully saturated rings. The van der Waals surface area contributed by atoms with Crippen LogP contribution >= 0.6 is 11.8 Å². The summed E-state index contributed by atoms with van der Waals surface area (Å²) in [6.45, 7) is 1.73. The summed E-state index contributed by atoms with van der Waals surface area (Å²) < 4.78 is 7.14. The van der Waals surface area contributed by atoms with Gasteiger partial charge in [0.05, 0.1) is 23.0 Å². The van der Waals surface area contributed by atoms with Gasteiger partial charge < -0.3 is 10.1 Å². The largest absolute Gasteiger partial charge is 0.495 e. The Kier molecular flexibility index (Phi) is 6.88. The summed E-state index contributed by atoms with van der Waals surface area (Å²) in [6, 6.07) is 23.4. The molecule has 4 aromatic rings. The number of nitrogens with zero attached hydrogens (tertiary/aromatic N) is 4. The SMILES string of the molecule is COc1ccc([N+](=O)[O-])cc1NC(=O)[C@@H](C)Sc1nnc(-c2ccccc2)n1-c1ccccc1. The highest BCUT2D eigenvalue weighted by atomic mass is 32.2. The number of anilines is 1. The van der Waals surface area contributed by atoms with Crippen LogP contribution < -0.4 is 10.1 Å². The molecule has 3 aromatic carbocycles. The van der Waals surface area contributed by atoms with Crippen LogP contribution in [-0.2, 0) is 4.79 Å². The second kappa shape index (κ2) is 10.2. The van der Waals surface area contributed by atoms with Crippen LogP contribution in [0.4, 0.5) is 11.4 Å². The maximum absolute atomic E-state index is 13.0. The zero-order valence-electron chi connectivity index (χ0n) is 18.4. The van der Waals surface area contributed by atoms with Crippen molar-refractivity contribution in [3.63, 3.8) is 0 Å². The number of rotatable bonds is 8. The lowest BCUT2D eigenvalue weighted by atomic mass is 10.2. The number of nitro groups is 1. The fraction of sp³-hybridized carbons (Fsp3) is 0.125. The number of hydrogen-bond acceptors (Lipinski definition) is 7. The summed E-state index contributed by atoms with van der Waals surface area (Å²) in [5.74, 6) is 0.630. The molecule has 0 radical (unpaired) electrons. The van der Waals surface area contributed by atoms with Gasteiger partial charge in [0.1, 0.15) is 5.75 Å². The second-order valence-electron chi connectivity index (χ2n) is 7.23. The van der Waals surface area contributed by atoms with E-state index in [1.165, 1.54) is 37.1 Å². The quantitative estimate of drug-likeness (QED) is 0.217. The van der Waals surface area contributed by atoms with Crippen LogP contribution in [0.25, 0.3) is 17.1 Å². The molecule has 0 saturated carbocycles. The first-order valence-corrected chi connectivity index (χ1v) is 11.2. The fourth-order valence-corrected chi connectivity index (χ4v) is 4.15. The number of aromatic nitrogens is 3. The lowest BCUT2D eigenvalue weighted by molar-refractivity contribution is -0.384. The van der Waals surface area contributed by atoms with E-state index in [1.54, 1.807) is 6.92 Å². The number of carbonyl (C=O) groups excluding carboxylic acids is 1. The van der Waals surface area contributed by atoms with Crippen LogP contribution in [0.15, 0.2) is 84.0 Å². The molecule has 1 amide bonds. The first-order chi connectivity index (χ1) is 16.5. The molecule has 34 heavy (non-hydrogen) atoms. The van der Waals surface area contributed by atoms with Crippen molar-refractivity contribution in [3.8, 4) is 22.8 Å². The number of methoxy groups -OCH3 is 1. The van der Waals surface area contributed by atoms with Gasteiger partial charge in [-0.05, 0) is 25.1 Å². The Morgan fingerprint density at radius 2 is 1.74 bits per heavy atom. The van der Waals surface area contributed by atoms with E-state index in [0.717, 1.165) is 11.3 Å². The van der Waals surface area contributed by atoms with Crippen molar-refractivity contribution in [2.45, 2.75) is 17.3 Å². The maximum Gasteiger partial charge on any atom is 0.271 e. The third-order valence-corrected chi connectivity index (χ3v) is 6.03. The molecule has 4 rings (SSSR count). The van der Waals surface area contributed by atoms with Crippen LogP contribution in [0.5, 0.6) is 5.75 Å². The summed E-state index contributed by atoms with van der Waals surface area (Å²) in [7, 11) is 1.43. The Hall–Kier alpha value is -4.18. The van der Waals surface area contributed by atoms with Gasteiger partial charge in [0, 0.05) is 23.4 Å². The Bertz CT molecular complexity index is 1310. The van der Waals surface area contributed by atoms with E-state index in [1.807, 2.05) is 65.2 Å². The zero-order chi connectivity index (χ0) is 24.1. The monoisotopic (exact) mass is 475 g/mol. The van der Waals surface area contributed by atoms with E-state index in [-0.39, 0.29) is 17.3 Å². The highest BCUT2D eigenvalue weighted by molar-refractivity contribution is 8.00. The molecule has 9 nitrogen and oxygen atoms in total. The van der Waals surface area contributed by atoms with E-state index in [2.05, 4.69) is 15.5 Å². The van der Waals surface area contributed by atoms with Gasteiger partial charge in [-0.2, -0.15) is 0 Å². The molecule has 0 aliphatic heterocycles. The van der Waals surface area contributed by atoms with Gasteiger partial charge in [-0.25, -0.2) is 0 Å². The number of benzene rings is 3. The van der Waals surface area contributed by atoms with E-state index < -0.39 is 10.2 Å². The molecule has 0 aliphatic rings. The lowest BCUT2D eigenvalue weighted by Gasteiger charge is -2.15. The minimum atomic E-state index is -0.584. The third-order valence-electron chi connectivity index (χ3n) is 4.98. The van der Waals surface area contributed by atoms with Gasteiger partial charge in [0.15, 0.2) is 11.0 Å². The lowest BCUT2D eigenvalue weighted by Crippen LogP contribution is -2.23. The smallest absolute Gasteiger partial charge is 0.271 e. The van der Waals surface area contributed by atoms with Crippen LogP contribution in [0.3, 0.4) is 0 Å². The first kappa shape index (κ1) is 23.0. The van der Waals surface area contributed by atoms with Gasteiger partial charge in [0.25, 0.3) is 5.69 Å². The van der Waals surface area contributed by atoms with Gasteiger partial charge >= 0.3 is 0 Å². The van der Waals surface area contributed by atoms with Crippen molar-refractivity contribution >= 4 is 29.0 Å². The van der Waals surface area contributed by atoms with E-state index in [9.17, 15) is 14.9 Å². The highest BCUT2D eigenvalue weighted by Gasteiger charge is 2.23. The number of non-ortho nitro benzene ring substituents is 1. The van der Waals surface area contributed by atoms with Gasteiger partial charge in [0.2, 0.25) is 5.91 Å². The predicted molar refractivity (Wildman–Crippen MR) is 130 cm³/mol. The summed E-state index contributed by atoms with van der Waals surface area (Å²) in [6.07, 6.45) is 0. The number of ether oxygens (including phenoxy) is 1. The topological polar surface area (TPSA) is 112 Å². The summed E-state index contributed by atoms with van der Waals surface area (Å²) in [5, 5.41) is 22.6. The average molecular weight is 476 g/mol. The Morgan fingerprint density at radius 1 is 1.06 bits per heavy atom. The van der Waals surface area contributed by atoms with Gasteiger partial charge in [-0.15, -0.1) is 10.2 Å². The summed E-state index contributed by atoms with van der Waals surface area (Å²) in [5.41, 5.74) is 1.84. The van der Waals surface area contributed by atoms with E-state index in [4.69, 9.17) is 4.74 Å². The normalized spacial score (nSPS) is 11.6. The molecule has 1 N–H and O–H groups in total. The number of carbonyl (C=O) groups is 1. The zero-order valence-corrected chi connectivity index (χ0v) is 19.2. The predicted octanol–water partition coefficient (Wildman–Crippen LogP) is 4.97. The molecule has 0 spiro atoms. The van der Waals surface area contributed by atoms with Crippen molar-refractivity contribution in [2.24, 2.45) is 0 Å². The Labute approximate surface area is 199 Å². The van der Waals surface area contributed by atoms with Crippen molar-refractivity contribution in [1.82, 2.24) is 14.8 Å². The average Bonchev–Trinajstić information content (AvgIpc) is 3.28. The number of nitrogens with one attached hydrogen (secondary N) is 1. The second-order valence-corrected chi connectivity index (χ2v) is 8.54. The van der Waals surface area contributed by atoms with Crippen LogP contribution in [0.1, 0.15) is 6.92 Å². The number of thioether (sulfide) groups is 1. The minimum Gasteiger partial charge on any atom is -0.495 e. The van der Waals surface area contributed by atoms with Crippen LogP contribution in [-0.4, -0.2) is 38.0 Å². The number of amides is 1. The van der Waals surface area contributed by atoms with Gasteiger partial charge in [-0.3, -0.25) is 19.5 Å². The number of hydrogen-bond donors (Lipinski definition) is 1. The van der Waals surface area contributed by atoms with E-state index >= 15 is 0 Å². The molecule has 172 valence electrons. The van der Waals surface area contributed by atoms with Crippen molar-refractivity contribution < 1.29 is 14.5 Å². The fourth-order valence-electron chi connectivity index (χ4n) is 3.28. The summed E-state index contributed by atoms with van der Waals surface area (Å²) in [4.78, 5) is 23.6. The maximum atomic E-state index is 13.0. The molecule has 1 atom stereocenters. The highest BCUT2D eigenvalue weighted by Crippen LogP contribution is 2.32. The summed E-state index contributed by atoms with van der Waals surface area (Å²) >= 11 is 1.23. The van der Waals surface area contributed by atoms with Crippen molar-refractivity contribution in [2.75, 3.05) is 12.4 Å². The molecule has 10 heteroatoms. The van der Waals surface area contributed by atoms with Gasteiger partial charge in [-0.1, -0.05) is 60.3 Å². The van der Waals surface area contributed by atoms with Crippen LogP contribution in [0, 0.1) is 10.1 Å². The van der Waals surface area contributed by atoms with Crippen LogP contribution in [0.2, 0.25) is 0 Å². The molecule has 0 bridgehead atoms. The Balaban J connectivity index is 1.62. The Morgan fingerprint density at radius 3 is 2.38 bits per heavy atom. The number of para-hydroxylation sites is 1. The molecular weight excluding hydrogens is 454 g/mol.